The lowest BCUT2D eigenvalue weighted by atomic mass is 9.68. The van der Waals surface area contributed by atoms with Gasteiger partial charge in [-0.25, -0.2) is 4.79 Å². The van der Waals surface area contributed by atoms with Crippen molar-refractivity contribution >= 4 is 11.9 Å². The molecule has 0 aromatic carbocycles. The summed E-state index contributed by atoms with van der Waals surface area (Å²) in [7, 11) is 0. The van der Waals surface area contributed by atoms with Crippen molar-refractivity contribution in [2.75, 3.05) is 0 Å². The SMILES string of the molecule is CCCCC1=C(C(=O)O)C(C(=O)O)C=CC1(C)CCCC. The van der Waals surface area contributed by atoms with Crippen LogP contribution in [0.1, 0.15) is 59.3 Å². The summed E-state index contributed by atoms with van der Waals surface area (Å²) in [4.78, 5) is 23.0. The summed E-state index contributed by atoms with van der Waals surface area (Å²) in [6.07, 6.45) is 8.87. The van der Waals surface area contributed by atoms with Crippen LogP contribution < -0.4 is 0 Å². The van der Waals surface area contributed by atoms with Crippen molar-refractivity contribution in [3.05, 3.63) is 23.3 Å². The fourth-order valence-corrected chi connectivity index (χ4v) is 3.02. The van der Waals surface area contributed by atoms with E-state index in [1.165, 1.54) is 0 Å². The highest BCUT2D eigenvalue weighted by Crippen LogP contribution is 2.44. The Morgan fingerprint density at radius 3 is 2.29 bits per heavy atom. The predicted octanol–water partition coefficient (Wildman–Crippen LogP) is 4.02. The number of unbranched alkanes of at least 4 members (excludes halogenated alkanes) is 2. The third kappa shape index (κ3) is 3.96. The van der Waals surface area contributed by atoms with Gasteiger partial charge in [0.25, 0.3) is 0 Å². The van der Waals surface area contributed by atoms with Crippen LogP contribution in [0.5, 0.6) is 0 Å². The molecule has 1 rings (SSSR count). The lowest BCUT2D eigenvalue weighted by Gasteiger charge is -2.36. The molecule has 2 unspecified atom stereocenters. The van der Waals surface area contributed by atoms with E-state index in [0.717, 1.165) is 37.7 Å². The second-order valence-corrected chi connectivity index (χ2v) is 6.00. The lowest BCUT2D eigenvalue weighted by Crippen LogP contribution is -2.31. The molecule has 0 radical (unpaired) electrons. The molecule has 0 saturated carbocycles. The number of hydrogen-bond donors (Lipinski definition) is 2. The molecule has 1 aliphatic carbocycles. The minimum atomic E-state index is -1.10. The minimum Gasteiger partial charge on any atom is -0.481 e. The largest absolute Gasteiger partial charge is 0.481 e. The van der Waals surface area contributed by atoms with Crippen molar-refractivity contribution in [2.24, 2.45) is 11.3 Å². The van der Waals surface area contributed by atoms with Crippen LogP contribution in [-0.4, -0.2) is 22.2 Å². The van der Waals surface area contributed by atoms with Gasteiger partial charge in [-0.1, -0.05) is 52.2 Å². The van der Waals surface area contributed by atoms with Crippen molar-refractivity contribution in [1.82, 2.24) is 0 Å². The number of rotatable bonds is 8. The van der Waals surface area contributed by atoms with Gasteiger partial charge < -0.3 is 10.2 Å². The maximum absolute atomic E-state index is 11.6. The van der Waals surface area contributed by atoms with Crippen molar-refractivity contribution in [3.63, 3.8) is 0 Å². The molecule has 4 heteroatoms. The normalized spacial score (nSPS) is 25.2. The first-order chi connectivity index (χ1) is 9.87. The Morgan fingerprint density at radius 1 is 1.19 bits per heavy atom. The summed E-state index contributed by atoms with van der Waals surface area (Å²) in [5, 5.41) is 18.8. The first kappa shape index (κ1) is 17.5. The van der Waals surface area contributed by atoms with Gasteiger partial charge in [-0.3, -0.25) is 4.79 Å². The molecule has 0 aromatic rings. The number of allylic oxidation sites excluding steroid dienone is 2. The number of hydrogen-bond acceptors (Lipinski definition) is 2. The average Bonchev–Trinajstić information content (AvgIpc) is 2.43. The number of carbonyl (C=O) groups is 2. The predicted molar refractivity (Wildman–Crippen MR) is 82.1 cm³/mol. The van der Waals surface area contributed by atoms with Gasteiger partial charge in [0, 0.05) is 5.41 Å². The van der Waals surface area contributed by atoms with Gasteiger partial charge in [0.2, 0.25) is 0 Å². The van der Waals surface area contributed by atoms with E-state index >= 15 is 0 Å². The van der Waals surface area contributed by atoms with Crippen LogP contribution in [0.25, 0.3) is 0 Å². The highest BCUT2D eigenvalue weighted by atomic mass is 16.4. The third-order valence-electron chi connectivity index (χ3n) is 4.31. The highest BCUT2D eigenvalue weighted by molar-refractivity contribution is 5.96. The Balaban J connectivity index is 3.30. The second-order valence-electron chi connectivity index (χ2n) is 6.00. The highest BCUT2D eigenvalue weighted by Gasteiger charge is 2.39. The van der Waals surface area contributed by atoms with Gasteiger partial charge in [0.05, 0.1) is 5.57 Å². The summed E-state index contributed by atoms with van der Waals surface area (Å²) >= 11 is 0. The quantitative estimate of drug-likeness (QED) is 0.663. The summed E-state index contributed by atoms with van der Waals surface area (Å²) < 4.78 is 0. The first-order valence-electron chi connectivity index (χ1n) is 7.76. The zero-order valence-corrected chi connectivity index (χ0v) is 13.2. The summed E-state index contributed by atoms with van der Waals surface area (Å²) in [5.41, 5.74) is 0.558. The van der Waals surface area contributed by atoms with E-state index in [0.29, 0.717) is 6.42 Å². The van der Waals surface area contributed by atoms with Gasteiger partial charge in [-0.15, -0.1) is 0 Å². The van der Waals surface area contributed by atoms with Crippen LogP contribution in [0.15, 0.2) is 23.3 Å². The van der Waals surface area contributed by atoms with E-state index in [-0.39, 0.29) is 11.0 Å². The standard InChI is InChI=1S/C17H26O4/c1-4-6-8-13-14(16(20)21)12(15(18)19)9-11-17(13,3)10-7-5-2/h9,11-12H,4-8,10H2,1-3H3,(H,18,19)(H,20,21). The molecule has 0 aliphatic heterocycles. The molecule has 21 heavy (non-hydrogen) atoms. The van der Waals surface area contributed by atoms with Crippen molar-refractivity contribution in [3.8, 4) is 0 Å². The van der Waals surface area contributed by atoms with Gasteiger partial charge in [0.1, 0.15) is 5.92 Å². The Bertz CT molecular complexity index is 461. The monoisotopic (exact) mass is 294 g/mol. The number of carboxylic acids is 2. The second kappa shape index (κ2) is 7.43. The maximum atomic E-state index is 11.6. The summed E-state index contributed by atoms with van der Waals surface area (Å²) in [6.45, 7) is 6.19. The lowest BCUT2D eigenvalue weighted by molar-refractivity contribution is -0.142. The van der Waals surface area contributed by atoms with Crippen molar-refractivity contribution in [1.29, 1.82) is 0 Å². The molecule has 0 bridgehead atoms. The van der Waals surface area contributed by atoms with Gasteiger partial charge in [-0.05, 0) is 24.8 Å². The van der Waals surface area contributed by atoms with Gasteiger partial charge >= 0.3 is 11.9 Å². The molecule has 1 aliphatic rings. The van der Waals surface area contributed by atoms with E-state index in [1.807, 2.05) is 13.0 Å². The Labute approximate surface area is 126 Å². The van der Waals surface area contributed by atoms with Gasteiger partial charge in [0.15, 0.2) is 0 Å². The van der Waals surface area contributed by atoms with E-state index in [1.54, 1.807) is 6.08 Å². The average molecular weight is 294 g/mol. The Kier molecular flexibility index (Phi) is 6.19. The van der Waals surface area contributed by atoms with Crippen LogP contribution >= 0.6 is 0 Å². The van der Waals surface area contributed by atoms with Crippen LogP contribution in [0.2, 0.25) is 0 Å². The third-order valence-corrected chi connectivity index (χ3v) is 4.31. The number of aliphatic carboxylic acids is 2. The molecule has 0 aromatic heterocycles. The molecular weight excluding hydrogens is 268 g/mol. The smallest absolute Gasteiger partial charge is 0.332 e. The van der Waals surface area contributed by atoms with E-state index in [2.05, 4.69) is 13.8 Å². The van der Waals surface area contributed by atoms with Crippen molar-refractivity contribution in [2.45, 2.75) is 59.3 Å². The Morgan fingerprint density at radius 2 is 1.81 bits per heavy atom. The topological polar surface area (TPSA) is 74.6 Å². The molecule has 118 valence electrons. The van der Waals surface area contributed by atoms with Crippen LogP contribution in [0.3, 0.4) is 0 Å². The molecule has 2 atom stereocenters. The molecule has 0 amide bonds. The Hall–Kier alpha value is -1.58. The summed E-state index contributed by atoms with van der Waals surface area (Å²) in [6, 6.07) is 0. The van der Waals surface area contributed by atoms with E-state index < -0.39 is 17.9 Å². The fourth-order valence-electron chi connectivity index (χ4n) is 3.02. The van der Waals surface area contributed by atoms with E-state index in [4.69, 9.17) is 0 Å². The van der Waals surface area contributed by atoms with E-state index in [9.17, 15) is 19.8 Å². The van der Waals surface area contributed by atoms with Crippen LogP contribution in [0.4, 0.5) is 0 Å². The first-order valence-corrected chi connectivity index (χ1v) is 7.76. The molecular formula is C17H26O4. The zero-order valence-electron chi connectivity index (χ0n) is 13.2. The van der Waals surface area contributed by atoms with Crippen LogP contribution in [0, 0.1) is 11.3 Å². The fraction of sp³-hybridized carbons (Fsp3) is 0.647. The minimum absolute atomic E-state index is 0.0806. The molecule has 0 spiro atoms. The molecule has 2 N–H and O–H groups in total. The molecule has 0 fully saturated rings. The van der Waals surface area contributed by atoms with Crippen molar-refractivity contribution < 1.29 is 19.8 Å². The maximum Gasteiger partial charge on any atom is 0.332 e. The summed E-state index contributed by atoms with van der Waals surface area (Å²) in [5.74, 6) is -3.21. The molecule has 0 saturated heterocycles. The van der Waals surface area contributed by atoms with Crippen LogP contribution in [-0.2, 0) is 9.59 Å². The molecule has 4 nitrogen and oxygen atoms in total. The molecule has 0 heterocycles. The zero-order chi connectivity index (χ0) is 16.0. The number of carboxylic acid groups (broad SMARTS) is 2. The van der Waals surface area contributed by atoms with Gasteiger partial charge in [-0.2, -0.15) is 0 Å².